The van der Waals surface area contributed by atoms with Crippen molar-refractivity contribution in [3.05, 3.63) is 25.3 Å². The van der Waals surface area contributed by atoms with E-state index >= 15 is 0 Å². The van der Waals surface area contributed by atoms with Crippen LogP contribution in [0.3, 0.4) is 0 Å². The van der Waals surface area contributed by atoms with Crippen molar-refractivity contribution in [3.8, 4) is 0 Å². The van der Waals surface area contributed by atoms with Crippen LogP contribution in [-0.2, 0) is 10.1 Å². The predicted molar refractivity (Wildman–Crippen MR) is 46.3 cm³/mol. The molecule has 12 heavy (non-hydrogen) atoms. The summed E-state index contributed by atoms with van der Waals surface area (Å²) in [5.41, 5.74) is 0. The summed E-state index contributed by atoms with van der Waals surface area (Å²) in [6.45, 7) is 6.19. The van der Waals surface area contributed by atoms with Crippen LogP contribution in [0.2, 0.25) is 0 Å². The van der Waals surface area contributed by atoms with E-state index in [4.69, 9.17) is 9.66 Å². The average molecular weight is 192 g/mol. The van der Waals surface area contributed by atoms with Crippen LogP contribution in [0.4, 0.5) is 0 Å². The van der Waals surface area contributed by atoms with Gasteiger partial charge in [0, 0.05) is 5.92 Å². The lowest BCUT2D eigenvalue weighted by Gasteiger charge is -2.15. The molecule has 70 valence electrons. The SMILES string of the molecule is C=CC(CO)C(C=C)S(=O)(=O)O. The summed E-state index contributed by atoms with van der Waals surface area (Å²) >= 11 is 0. The molecule has 0 rings (SSSR count). The molecule has 0 aromatic heterocycles. The van der Waals surface area contributed by atoms with Crippen molar-refractivity contribution < 1.29 is 18.1 Å². The van der Waals surface area contributed by atoms with Gasteiger partial charge in [-0.15, -0.1) is 13.2 Å². The van der Waals surface area contributed by atoms with Gasteiger partial charge in [-0.3, -0.25) is 4.55 Å². The zero-order chi connectivity index (χ0) is 9.78. The fourth-order valence-corrected chi connectivity index (χ4v) is 1.71. The van der Waals surface area contributed by atoms with Crippen LogP contribution in [0.1, 0.15) is 0 Å². The molecule has 0 radical (unpaired) electrons. The van der Waals surface area contributed by atoms with Crippen molar-refractivity contribution >= 4 is 10.1 Å². The molecule has 0 aromatic rings. The van der Waals surface area contributed by atoms with E-state index in [-0.39, 0.29) is 6.61 Å². The normalized spacial score (nSPS) is 16.5. The first-order valence-corrected chi connectivity index (χ1v) is 4.80. The minimum atomic E-state index is -4.19. The zero-order valence-corrected chi connectivity index (χ0v) is 7.37. The van der Waals surface area contributed by atoms with Gasteiger partial charge >= 0.3 is 0 Å². The first-order chi connectivity index (χ1) is 5.47. The molecule has 0 aliphatic heterocycles. The Morgan fingerprint density at radius 2 is 1.83 bits per heavy atom. The fourth-order valence-electron chi connectivity index (χ4n) is 0.830. The van der Waals surface area contributed by atoms with Crippen molar-refractivity contribution in [2.45, 2.75) is 5.25 Å². The van der Waals surface area contributed by atoms with Crippen LogP contribution in [-0.4, -0.2) is 29.9 Å². The quantitative estimate of drug-likeness (QED) is 0.483. The third-order valence-electron chi connectivity index (χ3n) is 1.51. The van der Waals surface area contributed by atoms with Gasteiger partial charge in [0.1, 0.15) is 5.25 Å². The molecule has 0 fully saturated rings. The van der Waals surface area contributed by atoms with Crippen LogP contribution < -0.4 is 0 Å². The summed E-state index contributed by atoms with van der Waals surface area (Å²) in [6, 6.07) is 0. The van der Waals surface area contributed by atoms with Gasteiger partial charge in [-0.05, 0) is 0 Å². The van der Waals surface area contributed by atoms with Crippen LogP contribution in [0.25, 0.3) is 0 Å². The lowest BCUT2D eigenvalue weighted by molar-refractivity contribution is 0.252. The number of aliphatic hydroxyl groups excluding tert-OH is 1. The molecule has 4 nitrogen and oxygen atoms in total. The molecule has 2 N–H and O–H groups in total. The Morgan fingerprint density at radius 1 is 1.33 bits per heavy atom. The molecule has 0 saturated heterocycles. The molecule has 0 aromatic carbocycles. The van der Waals surface area contributed by atoms with Crippen molar-refractivity contribution in [2.75, 3.05) is 6.61 Å². The van der Waals surface area contributed by atoms with Crippen molar-refractivity contribution in [2.24, 2.45) is 5.92 Å². The van der Waals surface area contributed by atoms with E-state index in [1.165, 1.54) is 6.08 Å². The maximum atomic E-state index is 10.6. The van der Waals surface area contributed by atoms with E-state index in [2.05, 4.69) is 13.2 Å². The average Bonchev–Trinajstić information content (AvgIpc) is 1.97. The predicted octanol–water partition coefficient (Wildman–Crippen LogP) is 0.223. The summed E-state index contributed by atoms with van der Waals surface area (Å²) in [6.07, 6.45) is 2.33. The Morgan fingerprint density at radius 3 is 1.92 bits per heavy atom. The van der Waals surface area contributed by atoms with E-state index in [9.17, 15) is 8.42 Å². The smallest absolute Gasteiger partial charge is 0.272 e. The molecular weight excluding hydrogens is 180 g/mol. The number of hydrogen-bond acceptors (Lipinski definition) is 3. The highest BCUT2D eigenvalue weighted by atomic mass is 32.2. The zero-order valence-electron chi connectivity index (χ0n) is 6.55. The maximum absolute atomic E-state index is 10.6. The third-order valence-corrected chi connectivity index (χ3v) is 2.74. The highest BCUT2D eigenvalue weighted by molar-refractivity contribution is 7.86. The van der Waals surface area contributed by atoms with Crippen molar-refractivity contribution in [3.63, 3.8) is 0 Å². The van der Waals surface area contributed by atoms with Crippen molar-refractivity contribution in [1.82, 2.24) is 0 Å². The van der Waals surface area contributed by atoms with Crippen LogP contribution in [0, 0.1) is 5.92 Å². The highest BCUT2D eigenvalue weighted by Crippen LogP contribution is 2.13. The van der Waals surface area contributed by atoms with E-state index in [0.717, 1.165) is 6.08 Å². The van der Waals surface area contributed by atoms with Gasteiger partial charge in [0.25, 0.3) is 10.1 Å². The fraction of sp³-hybridized carbons (Fsp3) is 0.429. The standard InChI is InChI=1S/C7H12O4S/c1-3-6(5-8)7(4-2)12(9,10)11/h3-4,6-8H,1-2,5H2,(H,9,10,11). The van der Waals surface area contributed by atoms with Gasteiger partial charge in [0.15, 0.2) is 0 Å². The first kappa shape index (κ1) is 11.4. The van der Waals surface area contributed by atoms with E-state index < -0.39 is 21.3 Å². The molecule has 0 heterocycles. The Kier molecular flexibility index (Phi) is 4.16. The van der Waals surface area contributed by atoms with E-state index in [0.29, 0.717) is 0 Å². The second kappa shape index (κ2) is 4.39. The maximum Gasteiger partial charge on any atom is 0.272 e. The minimum Gasteiger partial charge on any atom is -0.396 e. The van der Waals surface area contributed by atoms with Gasteiger partial charge in [0.2, 0.25) is 0 Å². The Hall–Kier alpha value is -0.650. The molecule has 0 aliphatic rings. The number of hydrogen-bond donors (Lipinski definition) is 2. The number of aliphatic hydroxyl groups is 1. The van der Waals surface area contributed by atoms with E-state index in [1.54, 1.807) is 0 Å². The first-order valence-electron chi connectivity index (χ1n) is 3.29. The second-order valence-corrected chi connectivity index (χ2v) is 3.87. The molecular formula is C7H12O4S. The van der Waals surface area contributed by atoms with Crippen LogP contribution >= 0.6 is 0 Å². The van der Waals surface area contributed by atoms with Gasteiger partial charge in [0.05, 0.1) is 6.61 Å². The summed E-state index contributed by atoms with van der Waals surface area (Å²) < 4.78 is 29.9. The summed E-state index contributed by atoms with van der Waals surface area (Å²) in [7, 11) is -4.19. The monoisotopic (exact) mass is 192 g/mol. The molecule has 5 heteroatoms. The molecule has 0 aliphatic carbocycles. The van der Waals surface area contributed by atoms with Crippen molar-refractivity contribution in [1.29, 1.82) is 0 Å². The van der Waals surface area contributed by atoms with Crippen LogP contribution in [0.5, 0.6) is 0 Å². The molecule has 0 amide bonds. The molecule has 0 spiro atoms. The topological polar surface area (TPSA) is 74.6 Å². The minimum absolute atomic E-state index is 0.389. The Bertz CT molecular complexity index is 255. The van der Waals surface area contributed by atoms with Gasteiger partial charge in [-0.25, -0.2) is 0 Å². The van der Waals surface area contributed by atoms with Gasteiger partial charge in [-0.2, -0.15) is 8.42 Å². The second-order valence-electron chi connectivity index (χ2n) is 2.30. The van der Waals surface area contributed by atoms with E-state index in [1.807, 2.05) is 0 Å². The van der Waals surface area contributed by atoms with Crippen LogP contribution in [0.15, 0.2) is 25.3 Å². The largest absolute Gasteiger partial charge is 0.396 e. The Labute approximate surface area is 72.0 Å². The van der Waals surface area contributed by atoms with Gasteiger partial charge < -0.3 is 5.11 Å². The molecule has 2 atom stereocenters. The summed E-state index contributed by atoms with van der Waals surface area (Å²) in [4.78, 5) is 0. The molecule has 2 unspecified atom stereocenters. The lowest BCUT2D eigenvalue weighted by Crippen LogP contribution is -2.28. The molecule has 0 bridgehead atoms. The number of rotatable bonds is 5. The molecule has 0 saturated carbocycles. The summed E-state index contributed by atoms with van der Waals surface area (Å²) in [5, 5.41) is 7.52. The lowest BCUT2D eigenvalue weighted by atomic mass is 10.1. The van der Waals surface area contributed by atoms with Gasteiger partial charge in [-0.1, -0.05) is 12.2 Å². The summed E-state index contributed by atoms with van der Waals surface area (Å²) in [5.74, 6) is -0.711. The highest BCUT2D eigenvalue weighted by Gasteiger charge is 2.26. The third kappa shape index (κ3) is 2.77. The Balaban J connectivity index is 4.77.